The van der Waals surface area contributed by atoms with Crippen molar-refractivity contribution in [1.82, 2.24) is 0 Å². The fraction of sp³-hybridized carbons (Fsp3) is 0.760. The zero-order valence-corrected chi connectivity index (χ0v) is 18.9. The van der Waals surface area contributed by atoms with E-state index in [2.05, 4.69) is 19.8 Å². The zero-order valence-electron chi connectivity index (χ0n) is 18.9. The number of aliphatic hydroxyl groups is 2. The maximum absolute atomic E-state index is 11.9. The number of carbonyl (C=O) groups is 2. The molecule has 3 fully saturated rings. The van der Waals surface area contributed by atoms with Gasteiger partial charge in [-0.25, -0.2) is 0 Å². The molecule has 0 saturated heterocycles. The molecule has 170 valence electrons. The summed E-state index contributed by atoms with van der Waals surface area (Å²) >= 11 is 0. The summed E-state index contributed by atoms with van der Waals surface area (Å²) in [7, 11) is 0. The van der Waals surface area contributed by atoms with Gasteiger partial charge in [-0.1, -0.05) is 25.8 Å². The predicted molar refractivity (Wildman–Crippen MR) is 113 cm³/mol. The molecular weight excluding hydrogens is 396 g/mol. The molecule has 0 heterocycles. The largest absolute Gasteiger partial charge is 0.458 e. The number of rotatable bonds is 2. The first-order chi connectivity index (χ1) is 14.5. The van der Waals surface area contributed by atoms with Crippen molar-refractivity contribution in [3.63, 3.8) is 0 Å². The standard InChI is InChI=1S/C25H34O6/c1-6-25(29)12-8-17-21-16(7-11-24(17,25)5)23(4)10-9-20(30-14(2)26)22(31-15(3)27)18(23)13-19(21)28/h1,13,16-17,19-22,28-29H,7-12H2,2-5H3/t16-,17+,19?,20?,21-,22?,23-,24+,25?/m1/s1. The van der Waals surface area contributed by atoms with Gasteiger partial charge in [0.15, 0.2) is 6.10 Å². The van der Waals surface area contributed by atoms with E-state index in [0.717, 1.165) is 31.3 Å². The molecule has 4 aliphatic carbocycles. The average Bonchev–Trinajstić information content (AvgIpc) is 2.96. The van der Waals surface area contributed by atoms with Crippen LogP contribution in [0.25, 0.3) is 0 Å². The van der Waals surface area contributed by atoms with Gasteiger partial charge in [0.25, 0.3) is 0 Å². The number of hydrogen-bond donors (Lipinski definition) is 2. The van der Waals surface area contributed by atoms with Crippen LogP contribution in [-0.2, 0) is 19.1 Å². The molecule has 6 nitrogen and oxygen atoms in total. The third-order valence-corrected chi connectivity index (χ3v) is 9.15. The number of esters is 2. The lowest BCUT2D eigenvalue weighted by Gasteiger charge is -2.60. The second-order valence-corrected chi connectivity index (χ2v) is 10.5. The van der Waals surface area contributed by atoms with Crippen molar-refractivity contribution in [2.45, 2.75) is 90.1 Å². The van der Waals surface area contributed by atoms with Crippen molar-refractivity contribution in [2.24, 2.45) is 28.6 Å². The van der Waals surface area contributed by atoms with E-state index in [1.807, 2.05) is 6.08 Å². The van der Waals surface area contributed by atoms with E-state index in [1.54, 1.807) is 0 Å². The molecule has 0 aromatic carbocycles. The second-order valence-electron chi connectivity index (χ2n) is 10.5. The highest BCUT2D eigenvalue weighted by Gasteiger charge is 2.66. The highest BCUT2D eigenvalue weighted by Crippen LogP contribution is 2.67. The van der Waals surface area contributed by atoms with Gasteiger partial charge in [0.05, 0.1) is 6.10 Å². The van der Waals surface area contributed by atoms with Crippen LogP contribution in [0.1, 0.15) is 66.2 Å². The second kappa shape index (κ2) is 7.35. The maximum Gasteiger partial charge on any atom is 0.303 e. The molecule has 2 N–H and O–H groups in total. The minimum atomic E-state index is -1.14. The molecule has 0 bridgehead atoms. The normalized spacial score (nSPS) is 48.4. The molecule has 4 rings (SSSR count). The van der Waals surface area contributed by atoms with Crippen LogP contribution in [0.4, 0.5) is 0 Å². The SMILES string of the molecule is C#CC1(O)CC[C@H]2[C@@H]3C(O)C=C4C(OC(C)=O)C(OC(C)=O)CC[C@]4(C)[C@@H]3CC[C@@]21C. The molecule has 9 atom stereocenters. The summed E-state index contributed by atoms with van der Waals surface area (Å²) in [4.78, 5) is 23.5. The molecule has 3 saturated carbocycles. The quantitative estimate of drug-likeness (QED) is 0.398. The maximum atomic E-state index is 11.9. The van der Waals surface area contributed by atoms with E-state index in [9.17, 15) is 19.8 Å². The molecule has 0 aliphatic heterocycles. The van der Waals surface area contributed by atoms with E-state index in [1.165, 1.54) is 13.8 Å². The Labute approximate surface area is 184 Å². The highest BCUT2D eigenvalue weighted by molar-refractivity contribution is 5.68. The van der Waals surface area contributed by atoms with Crippen LogP contribution in [0.5, 0.6) is 0 Å². The Morgan fingerprint density at radius 2 is 1.71 bits per heavy atom. The van der Waals surface area contributed by atoms with Gasteiger partial charge in [-0.3, -0.25) is 9.59 Å². The minimum absolute atomic E-state index is 0.0156. The third kappa shape index (κ3) is 3.15. The molecular formula is C25H34O6. The Bertz CT molecular complexity index is 857. The monoisotopic (exact) mass is 430 g/mol. The summed E-state index contributed by atoms with van der Waals surface area (Å²) in [6.07, 6.45) is 9.98. The molecule has 31 heavy (non-hydrogen) atoms. The van der Waals surface area contributed by atoms with Gasteiger partial charge >= 0.3 is 11.9 Å². The topological polar surface area (TPSA) is 93.1 Å². The molecule has 4 aliphatic rings. The summed E-state index contributed by atoms with van der Waals surface area (Å²) < 4.78 is 11.2. The Hall–Kier alpha value is -1.84. The van der Waals surface area contributed by atoms with E-state index >= 15 is 0 Å². The summed E-state index contributed by atoms with van der Waals surface area (Å²) in [5.74, 6) is 2.10. The highest BCUT2D eigenvalue weighted by atomic mass is 16.6. The molecule has 4 unspecified atom stereocenters. The first-order valence-corrected chi connectivity index (χ1v) is 11.4. The van der Waals surface area contributed by atoms with Gasteiger partial charge < -0.3 is 19.7 Å². The lowest BCUT2D eigenvalue weighted by atomic mass is 9.46. The molecule has 0 spiro atoms. The predicted octanol–water partition coefficient (Wildman–Crippen LogP) is 2.76. The Kier molecular flexibility index (Phi) is 5.30. The Morgan fingerprint density at radius 3 is 2.32 bits per heavy atom. The van der Waals surface area contributed by atoms with Crippen molar-refractivity contribution in [1.29, 1.82) is 0 Å². The first kappa shape index (κ1) is 22.4. The van der Waals surface area contributed by atoms with Crippen LogP contribution in [0.3, 0.4) is 0 Å². The number of fused-ring (bicyclic) bond motifs is 5. The van der Waals surface area contributed by atoms with E-state index in [0.29, 0.717) is 12.8 Å². The lowest BCUT2D eigenvalue weighted by Crippen LogP contribution is -2.59. The molecule has 0 aromatic rings. The van der Waals surface area contributed by atoms with Crippen molar-refractivity contribution in [3.05, 3.63) is 11.6 Å². The summed E-state index contributed by atoms with van der Waals surface area (Å²) in [5.41, 5.74) is -0.974. The van der Waals surface area contributed by atoms with Crippen LogP contribution in [-0.4, -0.2) is 46.1 Å². The number of carbonyl (C=O) groups excluding carboxylic acids is 2. The van der Waals surface area contributed by atoms with Crippen molar-refractivity contribution >= 4 is 11.9 Å². The van der Waals surface area contributed by atoms with Crippen LogP contribution in [0.2, 0.25) is 0 Å². The van der Waals surface area contributed by atoms with Gasteiger partial charge in [-0.15, -0.1) is 6.42 Å². The van der Waals surface area contributed by atoms with Crippen molar-refractivity contribution in [3.8, 4) is 12.3 Å². The molecule has 0 aromatic heterocycles. The Morgan fingerprint density at radius 1 is 1.06 bits per heavy atom. The smallest absolute Gasteiger partial charge is 0.303 e. The molecule has 6 heteroatoms. The molecule has 0 amide bonds. The van der Waals surface area contributed by atoms with Crippen LogP contribution in [0.15, 0.2) is 11.6 Å². The average molecular weight is 431 g/mol. The van der Waals surface area contributed by atoms with Gasteiger partial charge in [-0.2, -0.15) is 0 Å². The van der Waals surface area contributed by atoms with Crippen molar-refractivity contribution in [2.75, 3.05) is 0 Å². The molecule has 0 radical (unpaired) electrons. The lowest BCUT2D eigenvalue weighted by molar-refractivity contribution is -0.173. The van der Waals surface area contributed by atoms with Crippen LogP contribution < -0.4 is 0 Å². The fourth-order valence-corrected chi connectivity index (χ4v) is 7.56. The Balaban J connectivity index is 1.74. The van der Waals surface area contributed by atoms with Gasteiger partial charge in [-0.05, 0) is 67.3 Å². The van der Waals surface area contributed by atoms with E-state index in [-0.39, 0.29) is 23.2 Å². The minimum Gasteiger partial charge on any atom is -0.458 e. The van der Waals surface area contributed by atoms with Gasteiger partial charge in [0.2, 0.25) is 0 Å². The first-order valence-electron chi connectivity index (χ1n) is 11.4. The number of ether oxygens (including phenoxy) is 2. The fourth-order valence-electron chi connectivity index (χ4n) is 7.56. The number of hydrogen-bond acceptors (Lipinski definition) is 6. The van der Waals surface area contributed by atoms with E-state index in [4.69, 9.17) is 15.9 Å². The summed E-state index contributed by atoms with van der Waals surface area (Å²) in [6.45, 7) is 6.97. The zero-order chi connectivity index (χ0) is 22.8. The van der Waals surface area contributed by atoms with Crippen LogP contribution in [0, 0.1) is 40.9 Å². The third-order valence-electron chi connectivity index (χ3n) is 9.15. The number of aliphatic hydroxyl groups excluding tert-OH is 1. The summed E-state index contributed by atoms with van der Waals surface area (Å²) in [6, 6.07) is 0. The van der Waals surface area contributed by atoms with E-state index < -0.39 is 41.3 Å². The van der Waals surface area contributed by atoms with Gasteiger partial charge in [0.1, 0.15) is 11.7 Å². The summed E-state index contributed by atoms with van der Waals surface area (Å²) in [5, 5.41) is 22.5. The van der Waals surface area contributed by atoms with Crippen LogP contribution >= 0.6 is 0 Å². The number of terminal acetylenes is 1. The van der Waals surface area contributed by atoms with Gasteiger partial charge in [0, 0.05) is 19.3 Å². The van der Waals surface area contributed by atoms with Crippen molar-refractivity contribution < 1.29 is 29.3 Å².